The first-order chi connectivity index (χ1) is 12.1. The van der Waals surface area contributed by atoms with E-state index in [1.807, 2.05) is 12.1 Å². The monoisotopic (exact) mass is 361 g/mol. The zero-order chi connectivity index (χ0) is 18.2. The van der Waals surface area contributed by atoms with Gasteiger partial charge in [-0.25, -0.2) is 0 Å². The van der Waals surface area contributed by atoms with Crippen LogP contribution >= 0.6 is 12.2 Å². The fourth-order valence-corrected chi connectivity index (χ4v) is 2.17. The first-order valence-electron chi connectivity index (χ1n) is 7.30. The van der Waals surface area contributed by atoms with Crippen LogP contribution in [0.5, 0.6) is 17.2 Å². The number of ether oxygens (including phenoxy) is 3. The fraction of sp³-hybridized carbons (Fsp3) is 0.176. The SMILES string of the molecule is COc1ccc(NC(=S)NNC(=O)c2ccc(OC)c(OC)c2)cc1. The van der Waals surface area contributed by atoms with Gasteiger partial charge in [-0.3, -0.25) is 15.6 Å². The second-order valence-corrected chi connectivity index (χ2v) is 5.24. The highest BCUT2D eigenvalue weighted by Crippen LogP contribution is 2.27. The van der Waals surface area contributed by atoms with Crippen LogP contribution in [0.15, 0.2) is 42.5 Å². The van der Waals surface area contributed by atoms with Gasteiger partial charge in [0, 0.05) is 11.3 Å². The van der Waals surface area contributed by atoms with E-state index in [1.54, 1.807) is 37.4 Å². The lowest BCUT2D eigenvalue weighted by atomic mass is 10.2. The third-order valence-electron chi connectivity index (χ3n) is 3.28. The minimum absolute atomic E-state index is 0.249. The molecule has 7 nitrogen and oxygen atoms in total. The normalized spacial score (nSPS) is 9.72. The zero-order valence-corrected chi connectivity index (χ0v) is 14.9. The van der Waals surface area contributed by atoms with Gasteiger partial charge in [0.2, 0.25) is 0 Å². The van der Waals surface area contributed by atoms with Crippen molar-refractivity contribution in [2.45, 2.75) is 0 Å². The van der Waals surface area contributed by atoms with Crippen LogP contribution in [0, 0.1) is 0 Å². The highest BCUT2D eigenvalue weighted by molar-refractivity contribution is 7.80. The standard InChI is InChI=1S/C17H19N3O4S/c1-22-13-7-5-12(6-8-13)18-17(25)20-19-16(21)11-4-9-14(23-2)15(10-11)24-3/h4-10H,1-3H3,(H,19,21)(H2,18,20,25). The maximum atomic E-state index is 12.2. The Labute approximate surface area is 151 Å². The average Bonchev–Trinajstić information content (AvgIpc) is 2.66. The van der Waals surface area contributed by atoms with E-state index >= 15 is 0 Å². The fourth-order valence-electron chi connectivity index (χ4n) is 2.00. The Morgan fingerprint density at radius 2 is 1.56 bits per heavy atom. The van der Waals surface area contributed by atoms with E-state index in [0.717, 1.165) is 11.4 Å². The molecule has 0 saturated heterocycles. The summed E-state index contributed by atoms with van der Waals surface area (Å²) in [5.74, 6) is 1.39. The van der Waals surface area contributed by atoms with E-state index in [0.29, 0.717) is 17.1 Å². The smallest absolute Gasteiger partial charge is 0.269 e. The average molecular weight is 361 g/mol. The molecule has 1 amide bonds. The number of carbonyl (C=O) groups is 1. The summed E-state index contributed by atoms with van der Waals surface area (Å²) in [7, 11) is 4.63. The van der Waals surface area contributed by atoms with Gasteiger partial charge in [-0.05, 0) is 54.7 Å². The number of hydrazine groups is 1. The predicted octanol–water partition coefficient (Wildman–Crippen LogP) is 2.34. The lowest BCUT2D eigenvalue weighted by molar-refractivity contribution is 0.0944. The molecule has 0 spiro atoms. The van der Waals surface area contributed by atoms with E-state index < -0.39 is 0 Å². The number of carbonyl (C=O) groups excluding carboxylic acids is 1. The molecule has 3 N–H and O–H groups in total. The molecule has 0 aromatic heterocycles. The molecule has 0 aliphatic heterocycles. The molecule has 0 unspecified atom stereocenters. The van der Waals surface area contributed by atoms with E-state index in [-0.39, 0.29) is 11.0 Å². The van der Waals surface area contributed by atoms with E-state index in [2.05, 4.69) is 16.2 Å². The van der Waals surface area contributed by atoms with Crippen LogP contribution in [-0.2, 0) is 0 Å². The van der Waals surface area contributed by atoms with Crippen molar-refractivity contribution in [1.82, 2.24) is 10.9 Å². The van der Waals surface area contributed by atoms with Crippen LogP contribution < -0.4 is 30.4 Å². The summed E-state index contributed by atoms with van der Waals surface area (Å²) in [5.41, 5.74) is 6.32. The van der Waals surface area contributed by atoms with Crippen molar-refractivity contribution in [3.63, 3.8) is 0 Å². The molecule has 0 aliphatic rings. The second-order valence-electron chi connectivity index (χ2n) is 4.83. The molecule has 0 saturated carbocycles. The van der Waals surface area contributed by atoms with Crippen molar-refractivity contribution in [3.05, 3.63) is 48.0 Å². The van der Waals surface area contributed by atoms with Crippen LogP contribution in [0.3, 0.4) is 0 Å². The van der Waals surface area contributed by atoms with Gasteiger partial charge >= 0.3 is 0 Å². The molecule has 132 valence electrons. The van der Waals surface area contributed by atoms with Gasteiger partial charge in [0.25, 0.3) is 5.91 Å². The van der Waals surface area contributed by atoms with E-state index in [4.69, 9.17) is 26.4 Å². The third-order valence-corrected chi connectivity index (χ3v) is 3.49. The van der Waals surface area contributed by atoms with Crippen molar-refractivity contribution in [3.8, 4) is 17.2 Å². The summed E-state index contributed by atoms with van der Waals surface area (Å²) in [4.78, 5) is 12.2. The molecule has 0 heterocycles. The lowest BCUT2D eigenvalue weighted by Gasteiger charge is -2.13. The quantitative estimate of drug-likeness (QED) is 0.557. The van der Waals surface area contributed by atoms with Gasteiger partial charge in [-0.1, -0.05) is 0 Å². The van der Waals surface area contributed by atoms with Crippen LogP contribution in [-0.4, -0.2) is 32.3 Å². The molecule has 0 atom stereocenters. The maximum absolute atomic E-state index is 12.2. The number of benzene rings is 2. The number of anilines is 1. The minimum Gasteiger partial charge on any atom is -0.497 e. The van der Waals surface area contributed by atoms with Gasteiger partial charge < -0.3 is 19.5 Å². The van der Waals surface area contributed by atoms with Gasteiger partial charge in [0.05, 0.1) is 21.3 Å². The Balaban J connectivity index is 1.91. The third kappa shape index (κ3) is 4.98. The molecule has 0 radical (unpaired) electrons. The number of amides is 1. The molecule has 8 heteroatoms. The summed E-state index contributed by atoms with van der Waals surface area (Å²) in [5, 5.41) is 3.20. The Hall–Kier alpha value is -3.00. The molecule has 2 aromatic carbocycles. The lowest BCUT2D eigenvalue weighted by Crippen LogP contribution is -2.43. The Kier molecular flexibility index (Phi) is 6.41. The Bertz CT molecular complexity index is 750. The first-order valence-corrected chi connectivity index (χ1v) is 7.71. The Morgan fingerprint density at radius 1 is 0.880 bits per heavy atom. The second kappa shape index (κ2) is 8.74. The van der Waals surface area contributed by atoms with E-state index in [1.165, 1.54) is 14.2 Å². The van der Waals surface area contributed by atoms with Crippen LogP contribution in [0.4, 0.5) is 5.69 Å². The number of thiocarbonyl (C=S) groups is 1. The van der Waals surface area contributed by atoms with Gasteiger partial charge in [-0.15, -0.1) is 0 Å². The van der Waals surface area contributed by atoms with Crippen molar-refractivity contribution in [1.29, 1.82) is 0 Å². The number of rotatable bonds is 5. The summed E-state index contributed by atoms with van der Waals surface area (Å²) in [6.07, 6.45) is 0. The van der Waals surface area contributed by atoms with Gasteiger partial charge in [-0.2, -0.15) is 0 Å². The predicted molar refractivity (Wildman–Crippen MR) is 99.4 cm³/mol. The topological polar surface area (TPSA) is 80.9 Å². The summed E-state index contributed by atoms with van der Waals surface area (Å²) < 4.78 is 15.4. The molecular formula is C17H19N3O4S. The van der Waals surface area contributed by atoms with Gasteiger partial charge in [0.15, 0.2) is 16.6 Å². The molecule has 25 heavy (non-hydrogen) atoms. The minimum atomic E-state index is -0.361. The molecule has 0 fully saturated rings. The molecular weight excluding hydrogens is 342 g/mol. The highest BCUT2D eigenvalue weighted by atomic mass is 32.1. The van der Waals surface area contributed by atoms with Crippen LogP contribution in [0.1, 0.15) is 10.4 Å². The summed E-state index contributed by atoms with van der Waals surface area (Å²) >= 11 is 5.14. The highest BCUT2D eigenvalue weighted by Gasteiger charge is 2.11. The number of methoxy groups -OCH3 is 3. The number of hydrogen-bond donors (Lipinski definition) is 3. The Morgan fingerprint density at radius 3 is 2.16 bits per heavy atom. The van der Waals surface area contributed by atoms with E-state index in [9.17, 15) is 4.79 Å². The van der Waals surface area contributed by atoms with Crippen molar-refractivity contribution in [2.24, 2.45) is 0 Å². The molecule has 2 rings (SSSR count). The first kappa shape index (κ1) is 18.3. The summed E-state index contributed by atoms with van der Waals surface area (Å²) in [6.45, 7) is 0. The maximum Gasteiger partial charge on any atom is 0.269 e. The van der Waals surface area contributed by atoms with Crippen molar-refractivity contribution in [2.75, 3.05) is 26.6 Å². The van der Waals surface area contributed by atoms with Crippen LogP contribution in [0.25, 0.3) is 0 Å². The largest absolute Gasteiger partial charge is 0.497 e. The number of hydrogen-bond acceptors (Lipinski definition) is 5. The molecule has 0 bridgehead atoms. The molecule has 0 aliphatic carbocycles. The van der Waals surface area contributed by atoms with Gasteiger partial charge in [0.1, 0.15) is 5.75 Å². The van der Waals surface area contributed by atoms with Crippen molar-refractivity contribution < 1.29 is 19.0 Å². The zero-order valence-electron chi connectivity index (χ0n) is 14.1. The van der Waals surface area contributed by atoms with Crippen LogP contribution in [0.2, 0.25) is 0 Å². The molecule has 2 aromatic rings. The number of nitrogens with one attached hydrogen (secondary N) is 3. The summed E-state index contributed by atoms with van der Waals surface area (Å²) in [6, 6.07) is 12.1. The van der Waals surface area contributed by atoms with Crippen molar-refractivity contribution >= 4 is 28.9 Å².